The molecule has 38 heavy (non-hydrogen) atoms. The van der Waals surface area contributed by atoms with Crippen molar-refractivity contribution in [2.45, 2.75) is 20.5 Å². The van der Waals surface area contributed by atoms with Crippen LogP contribution in [0.5, 0.6) is 17.2 Å². The van der Waals surface area contributed by atoms with E-state index < -0.39 is 11.9 Å². The fraction of sp³-hybridized carbons (Fsp3) is 0.167. The van der Waals surface area contributed by atoms with Crippen LogP contribution in [0.25, 0.3) is 11.1 Å². The Morgan fingerprint density at radius 3 is 2.18 bits per heavy atom. The van der Waals surface area contributed by atoms with Crippen LogP contribution in [-0.4, -0.2) is 35.2 Å². The molecular weight excluding hydrogens is 484 g/mol. The Labute approximate surface area is 221 Å². The van der Waals surface area contributed by atoms with Crippen molar-refractivity contribution in [3.05, 3.63) is 108 Å². The average Bonchev–Trinajstić information content (AvgIpc) is 2.94. The summed E-state index contributed by atoms with van der Waals surface area (Å²) in [5.74, 6) is 0.416. The molecule has 1 heterocycles. The van der Waals surface area contributed by atoms with Crippen molar-refractivity contribution in [1.29, 1.82) is 0 Å². The number of benzene rings is 3. The van der Waals surface area contributed by atoms with Crippen LogP contribution >= 0.6 is 0 Å². The molecule has 8 nitrogen and oxygen atoms in total. The topological polar surface area (TPSA) is 121 Å². The van der Waals surface area contributed by atoms with Gasteiger partial charge in [-0.05, 0) is 49.2 Å². The third-order valence-electron chi connectivity index (χ3n) is 5.28. The predicted molar refractivity (Wildman–Crippen MR) is 144 cm³/mol. The van der Waals surface area contributed by atoms with Gasteiger partial charge >= 0.3 is 11.9 Å². The highest BCUT2D eigenvalue weighted by Gasteiger charge is 2.21. The maximum atomic E-state index is 12.5. The molecule has 0 unspecified atom stereocenters. The van der Waals surface area contributed by atoms with Gasteiger partial charge in [0.15, 0.2) is 11.4 Å². The van der Waals surface area contributed by atoms with E-state index in [1.807, 2.05) is 91.9 Å². The second-order valence-electron chi connectivity index (χ2n) is 8.01. The van der Waals surface area contributed by atoms with Crippen LogP contribution in [-0.2, 0) is 16.1 Å². The van der Waals surface area contributed by atoms with Crippen molar-refractivity contribution >= 4 is 11.9 Å². The molecule has 1 aromatic heterocycles. The standard InChI is InChI=1S/C28H25NO4.C2H5NO2/c1-3-31-28(30)26-27(32-19-21-11-6-4-7-12-21)20(2)25(18-29-26)22-13-10-16-24(17-22)33-23-14-8-5-9-15-23;3-1-2(4)5/h4-18H,3,19H2,1-2H3;1,3H2,(H,4,5). The minimum Gasteiger partial charge on any atom is -0.486 e. The number of rotatable bonds is 9. The number of carbonyl (C=O) groups excluding carboxylic acids is 1. The Morgan fingerprint density at radius 2 is 1.55 bits per heavy atom. The number of nitrogens with zero attached hydrogens (tertiary/aromatic N) is 1. The van der Waals surface area contributed by atoms with Crippen LogP contribution < -0.4 is 15.2 Å². The minimum absolute atomic E-state index is 0.172. The molecule has 0 saturated carbocycles. The van der Waals surface area contributed by atoms with Gasteiger partial charge in [-0.3, -0.25) is 4.79 Å². The Bertz CT molecular complexity index is 1340. The average molecular weight is 515 g/mol. The van der Waals surface area contributed by atoms with Gasteiger partial charge in [0.05, 0.1) is 13.2 Å². The molecule has 0 saturated heterocycles. The number of aromatic nitrogens is 1. The molecule has 0 bridgehead atoms. The Kier molecular flexibility index (Phi) is 10.4. The summed E-state index contributed by atoms with van der Waals surface area (Å²) >= 11 is 0. The molecular formula is C30H30N2O6. The van der Waals surface area contributed by atoms with Crippen molar-refractivity contribution in [1.82, 2.24) is 4.98 Å². The number of ether oxygens (including phenoxy) is 3. The monoisotopic (exact) mass is 514 g/mol. The van der Waals surface area contributed by atoms with Crippen LogP contribution in [0.1, 0.15) is 28.5 Å². The lowest BCUT2D eigenvalue weighted by molar-refractivity contribution is -0.135. The van der Waals surface area contributed by atoms with E-state index in [0.717, 1.165) is 28.0 Å². The Hall–Kier alpha value is -4.69. The van der Waals surface area contributed by atoms with Crippen LogP contribution in [0.15, 0.2) is 91.1 Å². The number of carboxylic acid groups (broad SMARTS) is 1. The van der Waals surface area contributed by atoms with Crippen LogP contribution in [0.3, 0.4) is 0 Å². The first-order valence-electron chi connectivity index (χ1n) is 12.0. The van der Waals surface area contributed by atoms with Crippen molar-refractivity contribution in [3.63, 3.8) is 0 Å². The maximum absolute atomic E-state index is 12.5. The predicted octanol–water partition coefficient (Wildman–Crippen LogP) is 5.63. The number of pyridine rings is 1. The number of aliphatic carboxylic acids is 1. The number of carbonyl (C=O) groups is 2. The highest BCUT2D eigenvalue weighted by Crippen LogP contribution is 2.35. The van der Waals surface area contributed by atoms with Crippen LogP contribution in [0, 0.1) is 6.92 Å². The van der Waals surface area contributed by atoms with Gasteiger partial charge in [0.25, 0.3) is 0 Å². The van der Waals surface area contributed by atoms with E-state index in [1.165, 1.54) is 0 Å². The lowest BCUT2D eigenvalue weighted by Crippen LogP contribution is -2.12. The van der Waals surface area contributed by atoms with Gasteiger partial charge in [-0.2, -0.15) is 0 Å². The van der Waals surface area contributed by atoms with E-state index >= 15 is 0 Å². The zero-order valence-corrected chi connectivity index (χ0v) is 21.3. The van der Waals surface area contributed by atoms with E-state index in [4.69, 9.17) is 19.3 Å². The fourth-order valence-corrected chi connectivity index (χ4v) is 3.48. The highest BCUT2D eigenvalue weighted by molar-refractivity contribution is 5.92. The van der Waals surface area contributed by atoms with Gasteiger partial charge in [0, 0.05) is 17.3 Å². The third kappa shape index (κ3) is 7.91. The molecule has 4 aromatic rings. The molecule has 0 aliphatic heterocycles. The van der Waals surface area contributed by atoms with Gasteiger partial charge in [-0.1, -0.05) is 60.7 Å². The molecule has 8 heteroatoms. The molecule has 0 aliphatic rings. The maximum Gasteiger partial charge on any atom is 0.360 e. The smallest absolute Gasteiger partial charge is 0.360 e. The molecule has 3 aromatic carbocycles. The first kappa shape index (κ1) is 27.9. The van der Waals surface area contributed by atoms with E-state index in [9.17, 15) is 9.59 Å². The number of nitrogens with two attached hydrogens (primary N) is 1. The number of para-hydroxylation sites is 1. The van der Waals surface area contributed by atoms with E-state index in [2.05, 4.69) is 10.7 Å². The lowest BCUT2D eigenvalue weighted by Gasteiger charge is -2.16. The second kappa shape index (κ2) is 14.2. The second-order valence-corrected chi connectivity index (χ2v) is 8.01. The summed E-state index contributed by atoms with van der Waals surface area (Å²) in [6, 6.07) is 27.2. The van der Waals surface area contributed by atoms with Crippen molar-refractivity contribution < 1.29 is 28.9 Å². The summed E-state index contributed by atoms with van der Waals surface area (Å²) in [6.07, 6.45) is 1.68. The van der Waals surface area contributed by atoms with Gasteiger partial charge in [0.1, 0.15) is 18.1 Å². The number of carboxylic acids is 1. The molecule has 4 rings (SSSR count). The van der Waals surface area contributed by atoms with Crippen LogP contribution in [0.4, 0.5) is 0 Å². The van der Waals surface area contributed by atoms with Crippen LogP contribution in [0.2, 0.25) is 0 Å². The van der Waals surface area contributed by atoms with E-state index in [1.54, 1.807) is 13.1 Å². The zero-order chi connectivity index (χ0) is 27.3. The van der Waals surface area contributed by atoms with Crippen molar-refractivity contribution in [2.24, 2.45) is 5.73 Å². The van der Waals surface area contributed by atoms with E-state index in [0.29, 0.717) is 18.1 Å². The Balaban J connectivity index is 0.000000732. The third-order valence-corrected chi connectivity index (χ3v) is 5.28. The summed E-state index contributed by atoms with van der Waals surface area (Å²) in [6.45, 7) is 3.99. The SMILES string of the molecule is CCOC(=O)c1ncc(-c2cccc(Oc3ccccc3)c2)c(C)c1OCc1ccccc1.NCC(=O)O. The molecule has 3 N–H and O–H groups in total. The number of hydrogen-bond donors (Lipinski definition) is 2. The first-order chi connectivity index (χ1) is 18.4. The minimum atomic E-state index is -0.968. The summed E-state index contributed by atoms with van der Waals surface area (Å²) < 4.78 is 17.3. The number of hydrogen-bond acceptors (Lipinski definition) is 7. The number of esters is 1. The molecule has 0 fully saturated rings. The van der Waals surface area contributed by atoms with Gasteiger partial charge in [0.2, 0.25) is 0 Å². The molecule has 0 atom stereocenters. The van der Waals surface area contributed by atoms with Gasteiger partial charge in [-0.25, -0.2) is 9.78 Å². The molecule has 196 valence electrons. The molecule has 0 amide bonds. The summed E-state index contributed by atoms with van der Waals surface area (Å²) in [5, 5.41) is 7.60. The quantitative estimate of drug-likeness (QED) is 0.276. The lowest BCUT2D eigenvalue weighted by atomic mass is 10.0. The normalized spacial score (nSPS) is 10.1. The van der Waals surface area contributed by atoms with Crippen molar-refractivity contribution in [2.75, 3.05) is 13.2 Å². The summed E-state index contributed by atoms with van der Waals surface area (Å²) in [4.78, 5) is 26.2. The zero-order valence-electron chi connectivity index (χ0n) is 21.3. The van der Waals surface area contributed by atoms with E-state index in [-0.39, 0.29) is 18.8 Å². The Morgan fingerprint density at radius 1 is 0.921 bits per heavy atom. The molecule has 0 radical (unpaired) electrons. The van der Waals surface area contributed by atoms with Crippen molar-refractivity contribution in [3.8, 4) is 28.4 Å². The molecule has 0 aliphatic carbocycles. The fourth-order valence-electron chi connectivity index (χ4n) is 3.48. The van der Waals surface area contributed by atoms with Gasteiger partial charge < -0.3 is 25.1 Å². The summed E-state index contributed by atoms with van der Waals surface area (Å²) in [7, 11) is 0. The molecule has 0 spiro atoms. The van der Waals surface area contributed by atoms with Gasteiger partial charge in [-0.15, -0.1) is 0 Å². The largest absolute Gasteiger partial charge is 0.486 e. The summed E-state index contributed by atoms with van der Waals surface area (Å²) in [5.41, 5.74) is 8.31. The highest BCUT2D eigenvalue weighted by atomic mass is 16.5. The first-order valence-corrected chi connectivity index (χ1v) is 12.0.